The molecule has 0 saturated heterocycles. The van der Waals surface area contributed by atoms with E-state index in [2.05, 4.69) is 132 Å². The molecule has 2 aliphatic rings. The standard InChI is InChI=1S/C36H35N2/c1-26-16-12-15-25-33(26)37-27(2)34-31-23-13-14-24-32(31)36(29-19-8-4-9-20-29,30-21-10-5-11-22-30)38(34)35(37)28-17-6-3-7-18-28/h4-5,8-16,19-25,28H,3,6-7,17-18H2,1-2H3/q+1. The SMILES string of the molecule is Cc1ccccc1-n1c(C)c2[n+](c1C1CCCCC1)C(c1ccccc1)(c1ccccc1)c1ccccc1-2. The van der Waals surface area contributed by atoms with E-state index >= 15 is 0 Å². The molecule has 2 nitrogen and oxygen atoms in total. The molecule has 4 aromatic carbocycles. The van der Waals surface area contributed by atoms with Gasteiger partial charge >= 0.3 is 0 Å². The van der Waals surface area contributed by atoms with Crippen LogP contribution in [0, 0.1) is 13.8 Å². The first kappa shape index (κ1) is 23.2. The Morgan fingerprint density at radius 1 is 0.658 bits per heavy atom. The predicted molar refractivity (Wildman–Crippen MR) is 155 cm³/mol. The number of nitrogens with zero attached hydrogens (tertiary/aromatic N) is 2. The molecule has 1 aromatic heterocycles. The van der Waals surface area contributed by atoms with Crippen molar-refractivity contribution < 1.29 is 4.57 Å². The summed E-state index contributed by atoms with van der Waals surface area (Å²) in [5.41, 5.74) is 10.3. The van der Waals surface area contributed by atoms with Crippen LogP contribution in [0.15, 0.2) is 109 Å². The van der Waals surface area contributed by atoms with E-state index in [0.29, 0.717) is 5.92 Å². The third-order valence-corrected chi connectivity index (χ3v) is 8.98. The molecule has 1 aliphatic heterocycles. The van der Waals surface area contributed by atoms with Crippen molar-refractivity contribution in [3.05, 3.63) is 143 Å². The minimum absolute atomic E-state index is 0.431. The minimum Gasteiger partial charge on any atom is -0.208 e. The van der Waals surface area contributed by atoms with E-state index in [0.717, 1.165) is 0 Å². The summed E-state index contributed by atoms with van der Waals surface area (Å²) in [7, 11) is 0. The van der Waals surface area contributed by atoms with Crippen molar-refractivity contribution >= 4 is 0 Å². The number of hydrogen-bond acceptors (Lipinski definition) is 0. The fourth-order valence-corrected chi connectivity index (χ4v) is 7.37. The quantitative estimate of drug-likeness (QED) is 0.218. The molecule has 1 fully saturated rings. The van der Waals surface area contributed by atoms with Crippen LogP contribution in [0.3, 0.4) is 0 Å². The number of rotatable bonds is 4. The fraction of sp³-hybridized carbons (Fsp3) is 0.250. The van der Waals surface area contributed by atoms with Crippen LogP contribution < -0.4 is 4.57 Å². The molecule has 0 radical (unpaired) electrons. The van der Waals surface area contributed by atoms with Crippen LogP contribution in [-0.2, 0) is 5.54 Å². The summed E-state index contributed by atoms with van der Waals surface area (Å²) in [6.07, 6.45) is 6.43. The molecule has 5 aromatic rings. The lowest BCUT2D eigenvalue weighted by Gasteiger charge is -2.32. The summed E-state index contributed by atoms with van der Waals surface area (Å²) in [5.74, 6) is 1.97. The van der Waals surface area contributed by atoms with Crippen molar-refractivity contribution in [3.63, 3.8) is 0 Å². The maximum Gasteiger partial charge on any atom is 0.266 e. The number of fused-ring (bicyclic) bond motifs is 3. The van der Waals surface area contributed by atoms with Gasteiger partial charge in [0.25, 0.3) is 5.82 Å². The Labute approximate surface area is 226 Å². The second-order valence-electron chi connectivity index (χ2n) is 11.1. The summed E-state index contributed by atoms with van der Waals surface area (Å²) < 4.78 is 5.39. The number of hydrogen-bond donors (Lipinski definition) is 0. The Kier molecular flexibility index (Phi) is 5.58. The summed E-state index contributed by atoms with van der Waals surface area (Å²) in [6.45, 7) is 4.60. The lowest BCUT2D eigenvalue weighted by atomic mass is 9.76. The number of aromatic nitrogens is 2. The Bertz CT molecular complexity index is 1570. The van der Waals surface area contributed by atoms with E-state index < -0.39 is 5.54 Å². The van der Waals surface area contributed by atoms with Gasteiger partial charge < -0.3 is 0 Å². The Balaban J connectivity index is 1.69. The summed E-state index contributed by atoms with van der Waals surface area (Å²) >= 11 is 0. The van der Waals surface area contributed by atoms with Crippen LogP contribution in [-0.4, -0.2) is 4.57 Å². The van der Waals surface area contributed by atoms with Gasteiger partial charge in [0.2, 0.25) is 0 Å². The molecule has 38 heavy (non-hydrogen) atoms. The van der Waals surface area contributed by atoms with Crippen molar-refractivity contribution in [2.75, 3.05) is 0 Å². The average molecular weight is 496 g/mol. The Morgan fingerprint density at radius 2 is 1.24 bits per heavy atom. The molecule has 0 unspecified atom stereocenters. The van der Waals surface area contributed by atoms with Gasteiger partial charge in [0.05, 0.1) is 5.92 Å². The molecule has 1 saturated carbocycles. The van der Waals surface area contributed by atoms with Gasteiger partial charge in [-0.15, -0.1) is 0 Å². The highest BCUT2D eigenvalue weighted by molar-refractivity contribution is 5.73. The summed E-state index contributed by atoms with van der Waals surface area (Å²) in [6, 6.07) is 40.5. The Hall–Kier alpha value is -3.91. The van der Waals surface area contributed by atoms with Crippen LogP contribution in [0.5, 0.6) is 0 Å². The molecule has 2 heterocycles. The van der Waals surface area contributed by atoms with Crippen LogP contribution in [0.4, 0.5) is 0 Å². The normalized spacial score (nSPS) is 16.3. The van der Waals surface area contributed by atoms with Crippen molar-refractivity contribution in [3.8, 4) is 16.9 Å². The maximum absolute atomic E-state index is 2.76. The van der Waals surface area contributed by atoms with E-state index in [1.54, 1.807) is 0 Å². The maximum atomic E-state index is 2.76. The molecular weight excluding hydrogens is 460 g/mol. The largest absolute Gasteiger partial charge is 0.266 e. The van der Waals surface area contributed by atoms with E-state index in [9.17, 15) is 0 Å². The molecule has 0 spiro atoms. The van der Waals surface area contributed by atoms with Crippen molar-refractivity contribution in [1.29, 1.82) is 0 Å². The molecule has 1 aliphatic carbocycles. The van der Waals surface area contributed by atoms with Gasteiger partial charge in [-0.1, -0.05) is 122 Å². The first-order chi connectivity index (χ1) is 18.7. The van der Waals surface area contributed by atoms with Gasteiger partial charge in [-0.2, -0.15) is 4.57 Å². The molecule has 0 bridgehead atoms. The second-order valence-corrected chi connectivity index (χ2v) is 11.1. The topological polar surface area (TPSA) is 8.81 Å². The van der Waals surface area contributed by atoms with Crippen LogP contribution in [0.25, 0.3) is 16.9 Å². The highest BCUT2D eigenvalue weighted by Gasteiger charge is 2.56. The molecule has 7 rings (SSSR count). The number of imidazole rings is 1. The van der Waals surface area contributed by atoms with E-state index in [1.165, 1.54) is 82.8 Å². The van der Waals surface area contributed by atoms with Gasteiger partial charge in [0, 0.05) is 29.2 Å². The van der Waals surface area contributed by atoms with Gasteiger partial charge in [0.15, 0.2) is 16.9 Å². The van der Waals surface area contributed by atoms with Crippen molar-refractivity contribution in [2.45, 2.75) is 57.4 Å². The van der Waals surface area contributed by atoms with Gasteiger partial charge in [-0.05, 0) is 31.4 Å². The number of para-hydroxylation sites is 1. The second kappa shape index (κ2) is 9.13. The van der Waals surface area contributed by atoms with Gasteiger partial charge in [-0.3, -0.25) is 0 Å². The fourth-order valence-electron chi connectivity index (χ4n) is 7.37. The molecular formula is C36H35N2+. The third kappa shape index (κ3) is 3.22. The van der Waals surface area contributed by atoms with Crippen LogP contribution in [0.1, 0.15) is 71.8 Å². The van der Waals surface area contributed by atoms with Crippen molar-refractivity contribution in [1.82, 2.24) is 4.57 Å². The third-order valence-electron chi connectivity index (χ3n) is 8.98. The number of aryl methyl sites for hydroxylation is 1. The molecule has 0 amide bonds. The first-order valence-electron chi connectivity index (χ1n) is 14.2. The van der Waals surface area contributed by atoms with E-state index in [-0.39, 0.29) is 0 Å². The lowest BCUT2D eigenvalue weighted by Crippen LogP contribution is -2.58. The minimum atomic E-state index is -0.431. The smallest absolute Gasteiger partial charge is 0.208 e. The molecule has 2 heteroatoms. The number of benzene rings is 4. The molecule has 0 N–H and O–H groups in total. The van der Waals surface area contributed by atoms with Crippen LogP contribution >= 0.6 is 0 Å². The van der Waals surface area contributed by atoms with Gasteiger partial charge in [-0.25, -0.2) is 4.57 Å². The van der Waals surface area contributed by atoms with Crippen LogP contribution in [0.2, 0.25) is 0 Å². The van der Waals surface area contributed by atoms with Crippen molar-refractivity contribution in [2.24, 2.45) is 0 Å². The zero-order valence-corrected chi connectivity index (χ0v) is 22.4. The lowest BCUT2D eigenvalue weighted by molar-refractivity contribution is -0.726. The summed E-state index contributed by atoms with van der Waals surface area (Å²) in [4.78, 5) is 0. The zero-order chi connectivity index (χ0) is 25.7. The van der Waals surface area contributed by atoms with E-state index in [4.69, 9.17) is 0 Å². The first-order valence-corrected chi connectivity index (χ1v) is 14.2. The molecule has 0 atom stereocenters. The zero-order valence-electron chi connectivity index (χ0n) is 22.4. The predicted octanol–water partition coefficient (Wildman–Crippen LogP) is 8.25. The van der Waals surface area contributed by atoms with Gasteiger partial charge in [0.1, 0.15) is 5.69 Å². The Morgan fingerprint density at radius 3 is 1.89 bits per heavy atom. The molecule has 188 valence electrons. The monoisotopic (exact) mass is 495 g/mol. The highest BCUT2D eigenvalue weighted by Crippen LogP contribution is 2.50. The average Bonchev–Trinajstić information content (AvgIpc) is 3.45. The van der Waals surface area contributed by atoms with E-state index in [1.807, 2.05) is 0 Å². The summed E-state index contributed by atoms with van der Waals surface area (Å²) in [5, 5.41) is 0. The highest BCUT2D eigenvalue weighted by atomic mass is 15.2.